The number of anilines is 1. The highest BCUT2D eigenvalue weighted by atomic mass is 32.2. The molecule has 2 aromatic carbocycles. The molecular formula is C20H21N3O4S2. The van der Waals surface area contributed by atoms with Crippen LogP contribution >= 0.6 is 11.8 Å². The summed E-state index contributed by atoms with van der Waals surface area (Å²) in [4.78, 5) is 17.0. The maximum Gasteiger partial charge on any atom is 0.251 e. The highest BCUT2D eigenvalue weighted by Crippen LogP contribution is 2.34. The number of carbonyl (C=O) groups excluding carboxylic acids is 1. The van der Waals surface area contributed by atoms with Gasteiger partial charge in [0.1, 0.15) is 5.75 Å². The largest absolute Gasteiger partial charge is 0.496 e. The number of amides is 1. The minimum Gasteiger partial charge on any atom is -0.496 e. The SMILES string of the molecule is COc1ccccc1CNC(=O)c1cccc(NC2=N[C@H]3CS(=O)(=O)C[C@H]3S2)c1. The summed E-state index contributed by atoms with van der Waals surface area (Å²) >= 11 is 1.45. The van der Waals surface area contributed by atoms with Crippen molar-refractivity contribution in [3.05, 3.63) is 59.7 Å². The molecule has 7 nitrogen and oxygen atoms in total. The molecular weight excluding hydrogens is 410 g/mol. The number of nitrogens with one attached hydrogen (secondary N) is 2. The molecule has 1 fully saturated rings. The van der Waals surface area contributed by atoms with Crippen LogP contribution < -0.4 is 15.4 Å². The zero-order valence-electron chi connectivity index (χ0n) is 15.8. The van der Waals surface area contributed by atoms with Crippen LogP contribution in [0.2, 0.25) is 0 Å². The number of methoxy groups -OCH3 is 1. The van der Waals surface area contributed by atoms with E-state index in [2.05, 4.69) is 15.6 Å². The lowest BCUT2D eigenvalue weighted by atomic mass is 10.1. The predicted molar refractivity (Wildman–Crippen MR) is 115 cm³/mol. The van der Waals surface area contributed by atoms with Crippen molar-refractivity contribution in [3.63, 3.8) is 0 Å². The van der Waals surface area contributed by atoms with Gasteiger partial charge in [0.2, 0.25) is 0 Å². The highest BCUT2D eigenvalue weighted by Gasteiger charge is 2.42. The van der Waals surface area contributed by atoms with Crippen molar-refractivity contribution in [1.82, 2.24) is 5.32 Å². The quantitative estimate of drug-likeness (QED) is 0.754. The van der Waals surface area contributed by atoms with Crippen molar-refractivity contribution in [2.75, 3.05) is 23.9 Å². The first-order valence-corrected chi connectivity index (χ1v) is 11.9. The number of thioether (sulfide) groups is 1. The molecule has 0 unspecified atom stereocenters. The Balaban J connectivity index is 1.39. The number of sulfone groups is 1. The lowest BCUT2D eigenvalue weighted by Crippen LogP contribution is -2.23. The van der Waals surface area contributed by atoms with E-state index in [1.54, 1.807) is 25.3 Å². The van der Waals surface area contributed by atoms with Crippen LogP contribution in [0, 0.1) is 0 Å². The average Bonchev–Trinajstić information content (AvgIpc) is 3.18. The van der Waals surface area contributed by atoms with Crippen LogP contribution in [-0.2, 0) is 16.4 Å². The fraction of sp³-hybridized carbons (Fsp3) is 0.300. The summed E-state index contributed by atoms with van der Waals surface area (Å²) in [7, 11) is -1.37. The molecule has 1 saturated heterocycles. The number of para-hydroxylation sites is 1. The van der Waals surface area contributed by atoms with E-state index in [1.807, 2.05) is 30.3 Å². The molecule has 2 N–H and O–H groups in total. The molecule has 0 radical (unpaired) electrons. The van der Waals surface area contributed by atoms with Crippen LogP contribution in [-0.4, -0.2) is 49.4 Å². The van der Waals surface area contributed by atoms with Gasteiger partial charge in [-0.2, -0.15) is 0 Å². The highest BCUT2D eigenvalue weighted by molar-refractivity contribution is 8.15. The third-order valence-electron chi connectivity index (χ3n) is 4.83. The van der Waals surface area contributed by atoms with Gasteiger partial charge in [0, 0.05) is 28.6 Å². The molecule has 152 valence electrons. The Morgan fingerprint density at radius 1 is 1.21 bits per heavy atom. The van der Waals surface area contributed by atoms with E-state index in [9.17, 15) is 13.2 Å². The maximum atomic E-state index is 12.6. The summed E-state index contributed by atoms with van der Waals surface area (Å²) in [6.45, 7) is 0.362. The standard InChI is InChI=1S/C20H21N3O4S2/c1-27-17-8-3-2-5-14(17)10-21-19(24)13-6-4-7-15(9-13)22-20-23-16-11-29(25,26)12-18(16)28-20/h2-9,16,18H,10-12H2,1H3,(H,21,24)(H,22,23)/t16-,18+/m0/s1. The molecule has 0 bridgehead atoms. The number of benzene rings is 2. The summed E-state index contributed by atoms with van der Waals surface area (Å²) in [6.07, 6.45) is 0. The number of ether oxygens (including phenoxy) is 1. The Labute approximate surface area is 173 Å². The predicted octanol–water partition coefficient (Wildman–Crippen LogP) is 2.31. The van der Waals surface area contributed by atoms with E-state index in [0.717, 1.165) is 17.0 Å². The minimum absolute atomic E-state index is 0.0187. The van der Waals surface area contributed by atoms with Gasteiger partial charge in [-0.1, -0.05) is 36.0 Å². The van der Waals surface area contributed by atoms with Crippen molar-refractivity contribution in [3.8, 4) is 5.75 Å². The molecule has 2 atom stereocenters. The topological polar surface area (TPSA) is 96.9 Å². The summed E-state index contributed by atoms with van der Waals surface area (Å²) in [5.74, 6) is 0.819. The number of rotatable bonds is 5. The van der Waals surface area contributed by atoms with Crippen LogP contribution in [0.5, 0.6) is 5.75 Å². The molecule has 1 amide bonds. The van der Waals surface area contributed by atoms with E-state index in [0.29, 0.717) is 17.3 Å². The normalized spacial score (nSPS) is 21.9. The lowest BCUT2D eigenvalue weighted by molar-refractivity contribution is 0.0950. The number of hydrogen-bond acceptors (Lipinski definition) is 7. The van der Waals surface area contributed by atoms with Gasteiger partial charge in [0.25, 0.3) is 5.91 Å². The first kappa shape index (κ1) is 19.8. The Hall–Kier alpha value is -2.52. The smallest absolute Gasteiger partial charge is 0.251 e. The summed E-state index contributed by atoms with van der Waals surface area (Å²) in [5, 5.41) is 6.78. The number of hydrogen-bond donors (Lipinski definition) is 2. The average molecular weight is 432 g/mol. The number of nitrogens with zero attached hydrogens (tertiary/aromatic N) is 1. The second-order valence-electron chi connectivity index (χ2n) is 6.94. The number of amidine groups is 1. The Bertz CT molecular complexity index is 1070. The molecule has 2 heterocycles. The second kappa shape index (κ2) is 8.08. The second-order valence-corrected chi connectivity index (χ2v) is 10.3. The van der Waals surface area contributed by atoms with Crippen molar-refractivity contribution in [2.24, 2.45) is 4.99 Å². The van der Waals surface area contributed by atoms with Crippen LogP contribution in [0.4, 0.5) is 5.69 Å². The van der Waals surface area contributed by atoms with Gasteiger partial charge < -0.3 is 15.4 Å². The Morgan fingerprint density at radius 3 is 2.83 bits per heavy atom. The summed E-state index contributed by atoms with van der Waals surface area (Å²) in [5.41, 5.74) is 2.16. The third kappa shape index (κ3) is 4.56. The van der Waals surface area contributed by atoms with Crippen LogP contribution in [0.3, 0.4) is 0 Å². The number of aliphatic imine (C=N–C) groups is 1. The van der Waals surface area contributed by atoms with E-state index < -0.39 is 9.84 Å². The summed E-state index contributed by atoms with van der Waals surface area (Å²) < 4.78 is 28.7. The fourth-order valence-corrected chi connectivity index (χ4v) is 7.08. The van der Waals surface area contributed by atoms with Gasteiger partial charge in [-0.05, 0) is 24.3 Å². The van der Waals surface area contributed by atoms with E-state index >= 15 is 0 Å². The zero-order chi connectivity index (χ0) is 20.4. The Morgan fingerprint density at radius 2 is 2.03 bits per heavy atom. The van der Waals surface area contributed by atoms with Crippen molar-refractivity contribution < 1.29 is 17.9 Å². The molecule has 0 aromatic heterocycles. The fourth-order valence-electron chi connectivity index (χ4n) is 3.40. The molecule has 0 spiro atoms. The van der Waals surface area contributed by atoms with Crippen molar-refractivity contribution >= 4 is 38.4 Å². The molecule has 2 aliphatic rings. The maximum absolute atomic E-state index is 12.6. The number of fused-ring (bicyclic) bond motifs is 1. The Kier molecular flexibility index (Phi) is 5.51. The van der Waals surface area contributed by atoms with Gasteiger partial charge >= 0.3 is 0 Å². The van der Waals surface area contributed by atoms with Crippen LogP contribution in [0.15, 0.2) is 53.5 Å². The molecule has 2 aromatic rings. The molecule has 2 aliphatic heterocycles. The monoisotopic (exact) mass is 431 g/mol. The van der Waals surface area contributed by atoms with Gasteiger partial charge in [-0.15, -0.1) is 0 Å². The molecule has 9 heteroatoms. The van der Waals surface area contributed by atoms with Gasteiger partial charge in [-0.25, -0.2) is 8.42 Å². The van der Waals surface area contributed by atoms with Gasteiger partial charge in [-0.3, -0.25) is 9.79 Å². The first-order valence-electron chi connectivity index (χ1n) is 9.15. The molecule has 0 aliphatic carbocycles. The van der Waals surface area contributed by atoms with Crippen LogP contribution in [0.1, 0.15) is 15.9 Å². The third-order valence-corrected chi connectivity index (χ3v) is 7.97. The minimum atomic E-state index is -2.97. The molecule has 4 rings (SSSR count). The zero-order valence-corrected chi connectivity index (χ0v) is 17.4. The number of carbonyl (C=O) groups is 1. The molecule has 0 saturated carbocycles. The van der Waals surface area contributed by atoms with Gasteiger partial charge in [0.05, 0.1) is 24.7 Å². The van der Waals surface area contributed by atoms with E-state index in [-0.39, 0.29) is 28.7 Å². The van der Waals surface area contributed by atoms with E-state index in [4.69, 9.17) is 4.74 Å². The van der Waals surface area contributed by atoms with Crippen LogP contribution in [0.25, 0.3) is 0 Å². The molecule has 29 heavy (non-hydrogen) atoms. The van der Waals surface area contributed by atoms with Crippen molar-refractivity contribution in [2.45, 2.75) is 17.8 Å². The van der Waals surface area contributed by atoms with E-state index in [1.165, 1.54) is 11.8 Å². The lowest BCUT2D eigenvalue weighted by Gasteiger charge is -2.11. The first-order chi connectivity index (χ1) is 13.9. The summed E-state index contributed by atoms with van der Waals surface area (Å²) in [6, 6.07) is 14.5. The van der Waals surface area contributed by atoms with Gasteiger partial charge in [0.15, 0.2) is 15.0 Å². The van der Waals surface area contributed by atoms with Crippen molar-refractivity contribution in [1.29, 1.82) is 0 Å².